The smallest absolute Gasteiger partial charge is 0.338 e. The fourth-order valence-electron chi connectivity index (χ4n) is 3.27. The number of aromatic nitrogens is 4. The lowest BCUT2D eigenvalue weighted by Crippen LogP contribution is -2.29. The van der Waals surface area contributed by atoms with E-state index in [9.17, 15) is 9.18 Å². The van der Waals surface area contributed by atoms with Crippen molar-refractivity contribution >= 4 is 23.5 Å². The highest BCUT2D eigenvalue weighted by Gasteiger charge is 2.34. The third-order valence-corrected chi connectivity index (χ3v) is 5.11. The lowest BCUT2D eigenvalue weighted by Gasteiger charge is -2.27. The molecule has 3 aromatic rings. The van der Waals surface area contributed by atoms with Crippen molar-refractivity contribution in [2.75, 3.05) is 12.4 Å². The van der Waals surface area contributed by atoms with Crippen LogP contribution in [0.4, 0.5) is 10.3 Å². The van der Waals surface area contributed by atoms with Gasteiger partial charge in [0.25, 0.3) is 0 Å². The summed E-state index contributed by atoms with van der Waals surface area (Å²) in [5.41, 5.74) is 2.03. The van der Waals surface area contributed by atoms with Gasteiger partial charge in [-0.15, -0.1) is 0 Å². The zero-order valence-electron chi connectivity index (χ0n) is 16.1. The quantitative estimate of drug-likeness (QED) is 0.620. The fourth-order valence-corrected chi connectivity index (χ4v) is 3.48. The number of fused-ring (bicyclic) bond motifs is 1. The van der Waals surface area contributed by atoms with Crippen molar-refractivity contribution < 1.29 is 18.7 Å². The molecule has 0 radical (unpaired) electrons. The number of nitrogens with zero attached hydrogens (tertiary/aromatic N) is 4. The summed E-state index contributed by atoms with van der Waals surface area (Å²) in [6.45, 7) is 1.74. The molecule has 30 heavy (non-hydrogen) atoms. The lowest BCUT2D eigenvalue weighted by atomic mass is 9.96. The number of ether oxygens (including phenoxy) is 2. The standard InChI is InChI=1S/C20H17ClFN5O3/c1-11-17(19(28)29-2)18(27-20(23-11)24-25-26-27)12-6-8-13(9-7-12)30-10-14-15(21)4-3-5-16(14)22/h3-9,18H,10H2,1-2H3,(H,23,24,26). The second-order valence-corrected chi connectivity index (χ2v) is 6.97. The van der Waals surface area contributed by atoms with Crippen LogP contribution >= 0.6 is 11.6 Å². The highest BCUT2D eigenvalue weighted by atomic mass is 35.5. The van der Waals surface area contributed by atoms with Crippen molar-refractivity contribution in [3.8, 4) is 5.75 Å². The van der Waals surface area contributed by atoms with Crippen molar-refractivity contribution in [3.63, 3.8) is 0 Å². The summed E-state index contributed by atoms with van der Waals surface area (Å²) in [6, 6.07) is 10.9. The summed E-state index contributed by atoms with van der Waals surface area (Å²) in [5, 5.41) is 14.9. The van der Waals surface area contributed by atoms with Gasteiger partial charge in [-0.1, -0.05) is 34.9 Å². The minimum atomic E-state index is -0.571. The van der Waals surface area contributed by atoms with Gasteiger partial charge in [0, 0.05) is 11.3 Å². The van der Waals surface area contributed by atoms with Crippen LogP contribution < -0.4 is 10.1 Å². The molecule has 8 nitrogen and oxygen atoms in total. The molecule has 2 heterocycles. The van der Waals surface area contributed by atoms with E-state index in [2.05, 4.69) is 20.8 Å². The zero-order valence-corrected chi connectivity index (χ0v) is 16.9. The van der Waals surface area contributed by atoms with Gasteiger partial charge in [0.05, 0.1) is 17.7 Å². The van der Waals surface area contributed by atoms with E-state index in [1.807, 2.05) is 0 Å². The Morgan fingerprint density at radius 2 is 2.03 bits per heavy atom. The van der Waals surface area contributed by atoms with Crippen molar-refractivity contribution in [2.45, 2.75) is 19.6 Å². The molecular weight excluding hydrogens is 413 g/mol. The predicted octanol–water partition coefficient (Wildman–Crippen LogP) is 3.51. The molecule has 0 spiro atoms. The normalized spacial score (nSPS) is 15.4. The van der Waals surface area contributed by atoms with Gasteiger partial charge >= 0.3 is 5.97 Å². The highest BCUT2D eigenvalue weighted by Crippen LogP contribution is 2.35. The van der Waals surface area contributed by atoms with E-state index in [1.54, 1.807) is 37.3 Å². The van der Waals surface area contributed by atoms with Crippen LogP contribution in [0.5, 0.6) is 5.75 Å². The number of tetrazole rings is 1. The van der Waals surface area contributed by atoms with E-state index >= 15 is 0 Å². The molecule has 0 amide bonds. The number of hydrogen-bond donors (Lipinski definition) is 1. The van der Waals surface area contributed by atoms with Crippen LogP contribution in [0, 0.1) is 5.82 Å². The molecule has 0 saturated heterocycles. The van der Waals surface area contributed by atoms with E-state index in [0.717, 1.165) is 5.56 Å². The van der Waals surface area contributed by atoms with Crippen molar-refractivity contribution in [3.05, 3.63) is 75.7 Å². The van der Waals surface area contributed by atoms with E-state index in [-0.39, 0.29) is 12.2 Å². The molecule has 1 aromatic heterocycles. The molecule has 0 bridgehead atoms. The Kier molecular flexibility index (Phi) is 5.37. The lowest BCUT2D eigenvalue weighted by molar-refractivity contribution is -0.136. The fraction of sp³-hybridized carbons (Fsp3) is 0.200. The molecule has 2 aromatic carbocycles. The molecule has 154 valence electrons. The van der Waals surface area contributed by atoms with Gasteiger partial charge in [-0.05, 0) is 47.2 Å². The molecule has 10 heteroatoms. The first-order valence-corrected chi connectivity index (χ1v) is 9.37. The molecule has 1 aliphatic rings. The number of hydrogen-bond acceptors (Lipinski definition) is 7. The zero-order chi connectivity index (χ0) is 21.3. The van der Waals surface area contributed by atoms with Crippen molar-refractivity contribution in [1.82, 2.24) is 20.2 Å². The van der Waals surface area contributed by atoms with Crippen molar-refractivity contribution in [2.24, 2.45) is 0 Å². The summed E-state index contributed by atoms with van der Waals surface area (Å²) in [7, 11) is 1.32. The number of esters is 1. The maximum Gasteiger partial charge on any atom is 0.338 e. The van der Waals surface area contributed by atoms with E-state index in [0.29, 0.717) is 28.0 Å². The van der Waals surface area contributed by atoms with Crippen LogP contribution in [0.2, 0.25) is 5.02 Å². The Hall–Kier alpha value is -3.46. The SMILES string of the molecule is COC(=O)C1=C(C)Nc2nnnn2C1c1ccc(OCc2c(F)cccc2Cl)cc1. The first kappa shape index (κ1) is 19.8. The second kappa shape index (κ2) is 8.11. The molecular formula is C20H17ClFN5O3. The number of halogens is 2. The monoisotopic (exact) mass is 429 g/mol. The second-order valence-electron chi connectivity index (χ2n) is 6.56. The summed E-state index contributed by atoms with van der Waals surface area (Å²) in [5.74, 6) is 0.0213. The Balaban J connectivity index is 1.61. The molecule has 0 fully saturated rings. The summed E-state index contributed by atoms with van der Waals surface area (Å²) in [4.78, 5) is 12.4. The van der Waals surface area contributed by atoms with Gasteiger partial charge in [-0.2, -0.15) is 4.68 Å². The van der Waals surface area contributed by atoms with Gasteiger partial charge < -0.3 is 14.8 Å². The maximum absolute atomic E-state index is 13.9. The van der Waals surface area contributed by atoms with Crippen LogP contribution in [-0.2, 0) is 16.1 Å². The molecule has 0 saturated carbocycles. The van der Waals surface area contributed by atoms with Crippen molar-refractivity contribution in [1.29, 1.82) is 0 Å². The number of rotatable bonds is 5. The number of anilines is 1. The van der Waals surface area contributed by atoms with E-state index < -0.39 is 17.8 Å². The van der Waals surface area contributed by atoms with E-state index in [4.69, 9.17) is 21.1 Å². The Morgan fingerprint density at radius 1 is 1.27 bits per heavy atom. The molecule has 1 aliphatic heterocycles. The van der Waals surface area contributed by atoms with Gasteiger partial charge in [0.1, 0.15) is 24.2 Å². The molecule has 1 N–H and O–H groups in total. The summed E-state index contributed by atoms with van der Waals surface area (Å²) in [6.07, 6.45) is 0. The molecule has 1 unspecified atom stereocenters. The topological polar surface area (TPSA) is 91.2 Å². The maximum atomic E-state index is 13.9. The number of methoxy groups -OCH3 is 1. The highest BCUT2D eigenvalue weighted by molar-refractivity contribution is 6.31. The van der Waals surface area contributed by atoms with Gasteiger partial charge in [0.15, 0.2) is 0 Å². The molecule has 1 atom stereocenters. The van der Waals surface area contributed by atoms with E-state index in [1.165, 1.54) is 23.9 Å². The minimum Gasteiger partial charge on any atom is -0.489 e. The Bertz CT molecular complexity index is 1110. The molecule has 4 rings (SSSR count). The Morgan fingerprint density at radius 3 is 2.73 bits per heavy atom. The van der Waals surface area contributed by atoms with Crippen LogP contribution in [0.1, 0.15) is 24.1 Å². The Labute approximate surface area is 176 Å². The molecule has 0 aliphatic carbocycles. The number of benzene rings is 2. The predicted molar refractivity (Wildman–Crippen MR) is 106 cm³/mol. The van der Waals surface area contributed by atoms with Gasteiger partial charge in [-0.3, -0.25) is 0 Å². The average molecular weight is 430 g/mol. The summed E-state index contributed by atoms with van der Waals surface area (Å²) < 4.78 is 26.1. The first-order valence-electron chi connectivity index (χ1n) is 8.99. The van der Waals surface area contributed by atoms with Crippen LogP contribution in [-0.4, -0.2) is 33.3 Å². The summed E-state index contributed by atoms with van der Waals surface area (Å²) >= 11 is 6.04. The third kappa shape index (κ3) is 3.59. The first-order chi connectivity index (χ1) is 14.5. The van der Waals surface area contributed by atoms with Crippen LogP contribution in [0.25, 0.3) is 0 Å². The third-order valence-electron chi connectivity index (χ3n) is 4.76. The van der Waals surface area contributed by atoms with Gasteiger partial charge in [-0.25, -0.2) is 9.18 Å². The number of allylic oxidation sites excluding steroid dienone is 1. The van der Waals surface area contributed by atoms with Crippen LogP contribution in [0.3, 0.4) is 0 Å². The number of nitrogens with one attached hydrogen (secondary N) is 1. The largest absolute Gasteiger partial charge is 0.489 e. The van der Waals surface area contributed by atoms with Crippen LogP contribution in [0.15, 0.2) is 53.7 Å². The van der Waals surface area contributed by atoms with Gasteiger partial charge in [0.2, 0.25) is 5.95 Å². The number of carbonyl (C=O) groups is 1. The average Bonchev–Trinajstić information content (AvgIpc) is 3.20. The number of carbonyl (C=O) groups excluding carboxylic acids is 1. The minimum absolute atomic E-state index is 0.0121.